The molecule has 2 rings (SSSR count). The molecule has 0 unspecified atom stereocenters. The lowest BCUT2D eigenvalue weighted by Gasteiger charge is -2.06. The van der Waals surface area contributed by atoms with Crippen molar-refractivity contribution < 1.29 is 4.74 Å². The van der Waals surface area contributed by atoms with Crippen LogP contribution in [0.25, 0.3) is 0 Å². The molecule has 0 radical (unpaired) electrons. The summed E-state index contributed by atoms with van der Waals surface area (Å²) in [6.07, 6.45) is 3.30. The van der Waals surface area contributed by atoms with Crippen LogP contribution in [0.3, 0.4) is 0 Å². The van der Waals surface area contributed by atoms with E-state index in [2.05, 4.69) is 20.3 Å². The zero-order valence-electron chi connectivity index (χ0n) is 9.42. The average Bonchev–Trinajstić information content (AvgIpc) is 2.37. The molecule has 2 heterocycles. The summed E-state index contributed by atoms with van der Waals surface area (Å²) in [4.78, 5) is 12.1. The van der Waals surface area contributed by atoms with Gasteiger partial charge in [-0.15, -0.1) is 0 Å². The molecule has 0 spiro atoms. The summed E-state index contributed by atoms with van der Waals surface area (Å²) in [5, 5.41) is 3.07. The lowest BCUT2D eigenvalue weighted by atomic mass is 10.2. The summed E-state index contributed by atoms with van der Waals surface area (Å²) >= 11 is 0. The largest absolute Gasteiger partial charge is 0.481 e. The standard InChI is InChI=1S/C11H13N5O/c1-17-10-6-8(2-4-13-10)7-15-11-14-5-3-9(12)16-11/h2-6H,7H2,1H3,(H3,12,14,15,16). The minimum Gasteiger partial charge on any atom is -0.481 e. The topological polar surface area (TPSA) is 86.0 Å². The smallest absolute Gasteiger partial charge is 0.224 e. The van der Waals surface area contributed by atoms with Gasteiger partial charge in [0.25, 0.3) is 0 Å². The number of methoxy groups -OCH3 is 1. The maximum Gasteiger partial charge on any atom is 0.224 e. The van der Waals surface area contributed by atoms with Gasteiger partial charge in [0.15, 0.2) is 0 Å². The van der Waals surface area contributed by atoms with E-state index in [-0.39, 0.29) is 0 Å². The maximum atomic E-state index is 5.55. The summed E-state index contributed by atoms with van der Waals surface area (Å²) in [5.41, 5.74) is 6.58. The molecule has 0 aliphatic rings. The summed E-state index contributed by atoms with van der Waals surface area (Å²) in [6.45, 7) is 0.586. The molecule has 6 nitrogen and oxygen atoms in total. The third kappa shape index (κ3) is 3.04. The molecular formula is C11H13N5O. The van der Waals surface area contributed by atoms with E-state index in [1.165, 1.54) is 0 Å². The molecule has 6 heteroatoms. The molecule has 0 saturated carbocycles. The van der Waals surface area contributed by atoms with Crippen molar-refractivity contribution in [2.24, 2.45) is 0 Å². The van der Waals surface area contributed by atoms with Gasteiger partial charge < -0.3 is 15.8 Å². The monoisotopic (exact) mass is 231 g/mol. The van der Waals surface area contributed by atoms with Gasteiger partial charge >= 0.3 is 0 Å². The second kappa shape index (κ2) is 5.11. The van der Waals surface area contributed by atoms with Crippen molar-refractivity contribution in [1.29, 1.82) is 0 Å². The summed E-state index contributed by atoms with van der Waals surface area (Å²) in [6, 6.07) is 5.38. The maximum absolute atomic E-state index is 5.55. The summed E-state index contributed by atoms with van der Waals surface area (Å²) < 4.78 is 5.04. The van der Waals surface area contributed by atoms with Gasteiger partial charge in [-0.2, -0.15) is 4.98 Å². The van der Waals surface area contributed by atoms with Crippen LogP contribution in [0.5, 0.6) is 5.88 Å². The number of hydrogen-bond donors (Lipinski definition) is 2. The van der Waals surface area contributed by atoms with E-state index >= 15 is 0 Å². The predicted molar refractivity (Wildman–Crippen MR) is 64.6 cm³/mol. The lowest BCUT2D eigenvalue weighted by molar-refractivity contribution is 0.397. The fourth-order valence-corrected chi connectivity index (χ4v) is 1.31. The normalized spacial score (nSPS) is 9.94. The van der Waals surface area contributed by atoms with E-state index in [0.717, 1.165) is 5.56 Å². The van der Waals surface area contributed by atoms with Crippen LogP contribution in [-0.4, -0.2) is 22.1 Å². The average molecular weight is 231 g/mol. The third-order valence-corrected chi connectivity index (χ3v) is 2.14. The number of nitrogen functional groups attached to an aromatic ring is 1. The molecule has 17 heavy (non-hydrogen) atoms. The molecule has 88 valence electrons. The molecule has 0 atom stereocenters. The Hall–Kier alpha value is -2.37. The molecule has 0 bridgehead atoms. The second-order valence-corrected chi connectivity index (χ2v) is 3.37. The van der Waals surface area contributed by atoms with Crippen molar-refractivity contribution in [3.05, 3.63) is 36.2 Å². The number of nitrogens with one attached hydrogen (secondary N) is 1. The highest BCUT2D eigenvalue weighted by molar-refractivity contribution is 5.36. The van der Waals surface area contributed by atoms with Crippen LogP contribution in [0.2, 0.25) is 0 Å². The van der Waals surface area contributed by atoms with Crippen LogP contribution < -0.4 is 15.8 Å². The van der Waals surface area contributed by atoms with Crippen LogP contribution in [-0.2, 0) is 6.54 Å². The SMILES string of the molecule is COc1cc(CNc2nccc(N)n2)ccn1. The van der Waals surface area contributed by atoms with Crippen molar-refractivity contribution in [2.75, 3.05) is 18.2 Å². The van der Waals surface area contributed by atoms with Crippen molar-refractivity contribution in [3.8, 4) is 5.88 Å². The number of ether oxygens (including phenoxy) is 1. The minimum atomic E-state index is 0.440. The van der Waals surface area contributed by atoms with Gasteiger partial charge in [-0.1, -0.05) is 0 Å². The first-order valence-corrected chi connectivity index (χ1v) is 5.09. The number of nitrogens with two attached hydrogens (primary N) is 1. The first-order chi connectivity index (χ1) is 8.28. The second-order valence-electron chi connectivity index (χ2n) is 3.37. The third-order valence-electron chi connectivity index (χ3n) is 2.14. The van der Waals surface area contributed by atoms with Crippen molar-refractivity contribution >= 4 is 11.8 Å². The number of pyridine rings is 1. The fourth-order valence-electron chi connectivity index (χ4n) is 1.31. The number of hydrogen-bond acceptors (Lipinski definition) is 6. The van der Waals surface area contributed by atoms with E-state index in [9.17, 15) is 0 Å². The number of nitrogens with zero attached hydrogens (tertiary/aromatic N) is 3. The fraction of sp³-hybridized carbons (Fsp3) is 0.182. The Balaban J connectivity index is 2.02. The molecule has 0 fully saturated rings. The van der Waals surface area contributed by atoms with Crippen LogP contribution in [0, 0.1) is 0 Å². The number of rotatable bonds is 4. The molecule has 0 aromatic carbocycles. The Bertz CT molecular complexity index is 503. The van der Waals surface area contributed by atoms with Gasteiger partial charge in [0, 0.05) is 25.0 Å². The first-order valence-electron chi connectivity index (χ1n) is 5.09. The van der Waals surface area contributed by atoms with E-state index in [0.29, 0.717) is 24.2 Å². The van der Waals surface area contributed by atoms with Crippen LogP contribution in [0.4, 0.5) is 11.8 Å². The van der Waals surface area contributed by atoms with Crippen molar-refractivity contribution in [1.82, 2.24) is 15.0 Å². The van der Waals surface area contributed by atoms with E-state index < -0.39 is 0 Å². The molecular weight excluding hydrogens is 218 g/mol. The van der Waals surface area contributed by atoms with Crippen molar-refractivity contribution in [3.63, 3.8) is 0 Å². The van der Waals surface area contributed by atoms with E-state index in [1.54, 1.807) is 25.6 Å². The van der Waals surface area contributed by atoms with Gasteiger partial charge in [-0.05, 0) is 17.7 Å². The highest BCUT2D eigenvalue weighted by atomic mass is 16.5. The van der Waals surface area contributed by atoms with Crippen LogP contribution in [0.1, 0.15) is 5.56 Å². The lowest BCUT2D eigenvalue weighted by Crippen LogP contribution is -2.05. The Morgan fingerprint density at radius 1 is 1.29 bits per heavy atom. The highest BCUT2D eigenvalue weighted by Crippen LogP contribution is 2.10. The summed E-state index contributed by atoms with van der Waals surface area (Å²) in [5.74, 6) is 1.52. The van der Waals surface area contributed by atoms with Gasteiger partial charge in [0.2, 0.25) is 11.8 Å². The molecule has 3 N–H and O–H groups in total. The number of anilines is 2. The Labute approximate surface area is 98.9 Å². The number of aromatic nitrogens is 3. The minimum absolute atomic E-state index is 0.440. The zero-order valence-corrected chi connectivity index (χ0v) is 9.42. The Morgan fingerprint density at radius 3 is 2.88 bits per heavy atom. The van der Waals surface area contributed by atoms with Gasteiger partial charge in [0.1, 0.15) is 5.82 Å². The molecule has 0 aliphatic carbocycles. The zero-order chi connectivity index (χ0) is 12.1. The molecule has 2 aromatic rings. The quantitative estimate of drug-likeness (QED) is 0.818. The van der Waals surface area contributed by atoms with Gasteiger partial charge in [-0.3, -0.25) is 0 Å². The van der Waals surface area contributed by atoms with Crippen molar-refractivity contribution in [2.45, 2.75) is 6.54 Å². The Kier molecular flexibility index (Phi) is 3.34. The van der Waals surface area contributed by atoms with Gasteiger partial charge in [0.05, 0.1) is 7.11 Å². The molecule has 0 saturated heterocycles. The molecule has 2 aromatic heterocycles. The first kappa shape index (κ1) is 11.1. The van der Waals surface area contributed by atoms with Crippen LogP contribution in [0.15, 0.2) is 30.6 Å². The summed E-state index contributed by atoms with van der Waals surface area (Å²) in [7, 11) is 1.58. The molecule has 0 amide bonds. The van der Waals surface area contributed by atoms with E-state index in [1.807, 2.05) is 12.1 Å². The predicted octanol–water partition coefficient (Wildman–Crippen LogP) is 1.07. The van der Waals surface area contributed by atoms with Gasteiger partial charge in [-0.25, -0.2) is 9.97 Å². The highest BCUT2D eigenvalue weighted by Gasteiger charge is 1.99. The van der Waals surface area contributed by atoms with Crippen LogP contribution >= 0.6 is 0 Å². The van der Waals surface area contributed by atoms with E-state index in [4.69, 9.17) is 10.5 Å². The Morgan fingerprint density at radius 2 is 2.12 bits per heavy atom. The molecule has 0 aliphatic heterocycles.